The van der Waals surface area contributed by atoms with Crippen LogP contribution in [0.3, 0.4) is 0 Å². The van der Waals surface area contributed by atoms with Crippen LogP contribution in [-0.2, 0) is 6.54 Å². The summed E-state index contributed by atoms with van der Waals surface area (Å²) >= 11 is 1.96. The summed E-state index contributed by atoms with van der Waals surface area (Å²) in [5, 5.41) is 4.48. The molecule has 1 aromatic rings. The molecular formula is C16H26N2S. The first kappa shape index (κ1) is 14.9. The summed E-state index contributed by atoms with van der Waals surface area (Å²) < 4.78 is 0. The molecule has 106 valence electrons. The predicted molar refractivity (Wildman–Crippen MR) is 85.7 cm³/mol. The molecule has 2 atom stereocenters. The molecule has 3 heteroatoms. The molecule has 1 fully saturated rings. The van der Waals surface area contributed by atoms with Crippen molar-refractivity contribution in [1.29, 1.82) is 0 Å². The first-order chi connectivity index (χ1) is 9.28. The second kappa shape index (κ2) is 7.93. The van der Waals surface area contributed by atoms with E-state index in [1.807, 2.05) is 11.8 Å². The monoisotopic (exact) mass is 278 g/mol. The Morgan fingerprint density at radius 2 is 2.16 bits per heavy atom. The normalized spacial score (nSPS) is 21.7. The SMILES string of the molecule is CSC(C)CCNC1CCN(Cc2ccccc2)C1. The third-order valence-electron chi connectivity index (χ3n) is 3.91. The Balaban J connectivity index is 1.66. The summed E-state index contributed by atoms with van der Waals surface area (Å²) in [5.74, 6) is 0. The van der Waals surface area contributed by atoms with Gasteiger partial charge in [0.25, 0.3) is 0 Å². The van der Waals surface area contributed by atoms with Gasteiger partial charge in [-0.05, 0) is 31.2 Å². The van der Waals surface area contributed by atoms with Crippen molar-refractivity contribution >= 4 is 11.8 Å². The number of nitrogens with one attached hydrogen (secondary N) is 1. The minimum absolute atomic E-state index is 0.692. The molecule has 1 aliphatic heterocycles. The van der Waals surface area contributed by atoms with Crippen molar-refractivity contribution in [2.45, 2.75) is 37.6 Å². The molecule has 0 amide bonds. The van der Waals surface area contributed by atoms with Gasteiger partial charge >= 0.3 is 0 Å². The molecule has 1 N–H and O–H groups in total. The number of hydrogen-bond donors (Lipinski definition) is 1. The highest BCUT2D eigenvalue weighted by Crippen LogP contribution is 2.14. The molecule has 2 nitrogen and oxygen atoms in total. The largest absolute Gasteiger partial charge is 0.313 e. The molecule has 0 spiro atoms. The minimum Gasteiger partial charge on any atom is -0.313 e. The standard InChI is InChI=1S/C16H26N2S/c1-14(19-2)8-10-17-16-9-11-18(13-16)12-15-6-4-3-5-7-15/h3-7,14,16-17H,8-13H2,1-2H3. The zero-order valence-corrected chi connectivity index (χ0v) is 13.0. The average molecular weight is 278 g/mol. The molecule has 1 aliphatic rings. The Kier molecular flexibility index (Phi) is 6.21. The van der Waals surface area contributed by atoms with Crippen LogP contribution in [0.1, 0.15) is 25.3 Å². The number of hydrogen-bond acceptors (Lipinski definition) is 3. The highest BCUT2D eigenvalue weighted by molar-refractivity contribution is 7.99. The molecule has 1 saturated heterocycles. The lowest BCUT2D eigenvalue weighted by Gasteiger charge is -2.17. The number of rotatable bonds is 7. The number of benzene rings is 1. The van der Waals surface area contributed by atoms with Crippen LogP contribution in [0, 0.1) is 0 Å². The average Bonchev–Trinajstić information content (AvgIpc) is 2.87. The lowest BCUT2D eigenvalue weighted by Crippen LogP contribution is -2.33. The van der Waals surface area contributed by atoms with Crippen molar-refractivity contribution < 1.29 is 0 Å². The molecule has 1 aromatic carbocycles. The van der Waals surface area contributed by atoms with Crippen molar-refractivity contribution in [3.63, 3.8) is 0 Å². The van der Waals surface area contributed by atoms with Crippen LogP contribution in [-0.4, -0.2) is 42.1 Å². The van der Waals surface area contributed by atoms with E-state index in [9.17, 15) is 0 Å². The zero-order chi connectivity index (χ0) is 13.5. The van der Waals surface area contributed by atoms with Crippen LogP contribution in [0.2, 0.25) is 0 Å². The van der Waals surface area contributed by atoms with E-state index in [1.165, 1.54) is 31.5 Å². The predicted octanol–water partition coefficient (Wildman–Crippen LogP) is 2.99. The van der Waals surface area contributed by atoms with E-state index in [0.29, 0.717) is 6.04 Å². The van der Waals surface area contributed by atoms with Gasteiger partial charge in [-0.1, -0.05) is 37.3 Å². The van der Waals surface area contributed by atoms with Crippen LogP contribution >= 0.6 is 11.8 Å². The Morgan fingerprint density at radius 3 is 2.89 bits per heavy atom. The number of likely N-dealkylation sites (tertiary alicyclic amines) is 1. The Bertz CT molecular complexity index is 355. The van der Waals surface area contributed by atoms with E-state index in [4.69, 9.17) is 0 Å². The molecular weight excluding hydrogens is 252 g/mol. The van der Waals surface area contributed by atoms with Gasteiger partial charge in [0.1, 0.15) is 0 Å². The van der Waals surface area contributed by atoms with Crippen LogP contribution in [0.15, 0.2) is 30.3 Å². The van der Waals surface area contributed by atoms with Crippen molar-refractivity contribution in [1.82, 2.24) is 10.2 Å². The fourth-order valence-electron chi connectivity index (χ4n) is 2.59. The first-order valence-corrected chi connectivity index (χ1v) is 8.59. The summed E-state index contributed by atoms with van der Waals surface area (Å²) in [6.45, 7) is 6.99. The summed E-state index contributed by atoms with van der Waals surface area (Å²) in [7, 11) is 0. The summed E-state index contributed by atoms with van der Waals surface area (Å²) in [5.41, 5.74) is 1.43. The maximum atomic E-state index is 3.71. The number of thioether (sulfide) groups is 1. The Hall–Kier alpha value is -0.510. The lowest BCUT2D eigenvalue weighted by molar-refractivity contribution is 0.320. The van der Waals surface area contributed by atoms with Gasteiger partial charge in [0.15, 0.2) is 0 Å². The lowest BCUT2D eigenvalue weighted by atomic mass is 10.2. The van der Waals surface area contributed by atoms with Crippen molar-refractivity contribution in [3.8, 4) is 0 Å². The van der Waals surface area contributed by atoms with E-state index in [0.717, 1.165) is 18.3 Å². The van der Waals surface area contributed by atoms with Crippen molar-refractivity contribution in [3.05, 3.63) is 35.9 Å². The fraction of sp³-hybridized carbons (Fsp3) is 0.625. The molecule has 0 radical (unpaired) electrons. The highest BCUT2D eigenvalue weighted by Gasteiger charge is 2.21. The highest BCUT2D eigenvalue weighted by atomic mass is 32.2. The van der Waals surface area contributed by atoms with Gasteiger partial charge in [-0.25, -0.2) is 0 Å². The fourth-order valence-corrected chi connectivity index (χ4v) is 2.95. The third kappa shape index (κ3) is 5.17. The van der Waals surface area contributed by atoms with E-state index in [2.05, 4.69) is 53.7 Å². The molecule has 0 aliphatic carbocycles. The van der Waals surface area contributed by atoms with Gasteiger partial charge in [-0.3, -0.25) is 4.90 Å². The van der Waals surface area contributed by atoms with E-state index >= 15 is 0 Å². The molecule has 0 aromatic heterocycles. The topological polar surface area (TPSA) is 15.3 Å². The summed E-state index contributed by atoms with van der Waals surface area (Å²) in [4.78, 5) is 2.56. The number of nitrogens with zero attached hydrogens (tertiary/aromatic N) is 1. The Labute approximate surface area is 122 Å². The van der Waals surface area contributed by atoms with E-state index < -0.39 is 0 Å². The molecule has 19 heavy (non-hydrogen) atoms. The van der Waals surface area contributed by atoms with Gasteiger partial charge in [0.05, 0.1) is 0 Å². The molecule has 1 heterocycles. The second-order valence-corrected chi connectivity index (χ2v) is 6.77. The molecule has 0 saturated carbocycles. The third-order valence-corrected chi connectivity index (χ3v) is 4.95. The second-order valence-electron chi connectivity index (χ2n) is 5.50. The zero-order valence-electron chi connectivity index (χ0n) is 12.1. The van der Waals surface area contributed by atoms with Gasteiger partial charge in [-0.2, -0.15) is 11.8 Å². The van der Waals surface area contributed by atoms with Crippen molar-refractivity contribution in [2.24, 2.45) is 0 Å². The molecule has 2 unspecified atom stereocenters. The minimum atomic E-state index is 0.692. The van der Waals surface area contributed by atoms with Crippen LogP contribution in [0.4, 0.5) is 0 Å². The van der Waals surface area contributed by atoms with Crippen LogP contribution in [0.25, 0.3) is 0 Å². The maximum absolute atomic E-state index is 3.71. The maximum Gasteiger partial charge on any atom is 0.0234 e. The van der Waals surface area contributed by atoms with E-state index in [-0.39, 0.29) is 0 Å². The van der Waals surface area contributed by atoms with Crippen LogP contribution in [0.5, 0.6) is 0 Å². The van der Waals surface area contributed by atoms with E-state index in [1.54, 1.807) is 0 Å². The van der Waals surface area contributed by atoms with Crippen molar-refractivity contribution in [2.75, 3.05) is 25.9 Å². The summed E-state index contributed by atoms with van der Waals surface area (Å²) in [6, 6.07) is 11.5. The molecule has 2 rings (SSSR count). The first-order valence-electron chi connectivity index (χ1n) is 7.30. The van der Waals surface area contributed by atoms with Gasteiger partial charge in [0.2, 0.25) is 0 Å². The quantitative estimate of drug-likeness (QED) is 0.825. The van der Waals surface area contributed by atoms with Gasteiger partial charge in [-0.15, -0.1) is 0 Å². The van der Waals surface area contributed by atoms with Gasteiger partial charge < -0.3 is 5.32 Å². The van der Waals surface area contributed by atoms with Crippen LogP contribution < -0.4 is 5.32 Å². The smallest absolute Gasteiger partial charge is 0.0234 e. The van der Waals surface area contributed by atoms with Gasteiger partial charge in [0, 0.05) is 30.9 Å². The molecule has 0 bridgehead atoms. The summed E-state index contributed by atoms with van der Waals surface area (Å²) in [6.07, 6.45) is 4.76. The Morgan fingerprint density at radius 1 is 1.37 bits per heavy atom.